The predicted octanol–water partition coefficient (Wildman–Crippen LogP) is 2.82. The lowest BCUT2D eigenvalue weighted by Gasteiger charge is -2.20. The Balaban J connectivity index is 3.09. The lowest BCUT2D eigenvalue weighted by atomic mass is 10.1. The zero-order valence-electron chi connectivity index (χ0n) is 10.00. The predicted molar refractivity (Wildman–Crippen MR) is 68.0 cm³/mol. The van der Waals surface area contributed by atoms with E-state index in [1.54, 1.807) is 19.1 Å². The number of hydrogen-bond donors (Lipinski definition) is 2. The molecule has 0 atom stereocenters. The van der Waals surface area contributed by atoms with Gasteiger partial charge in [0.2, 0.25) is 0 Å². The minimum atomic E-state index is -0.509. The topological polar surface area (TPSA) is 52.3 Å². The third-order valence-electron chi connectivity index (χ3n) is 2.05. The van der Waals surface area contributed by atoms with E-state index in [1.165, 1.54) is 0 Å². The van der Waals surface area contributed by atoms with Crippen LogP contribution < -0.4 is 5.73 Å². The quantitative estimate of drug-likeness (QED) is 0.450. The molecule has 1 aromatic carbocycles. The molecule has 0 unspecified atom stereocenters. The normalized spacial score (nSPS) is 11.3. The first-order valence-electron chi connectivity index (χ1n) is 5.03. The molecule has 0 saturated carbocycles. The maximum Gasteiger partial charge on any atom is 0.339 e. The summed E-state index contributed by atoms with van der Waals surface area (Å²) in [5, 5.41) is 0. The summed E-state index contributed by atoms with van der Waals surface area (Å²) in [5.41, 5.74) is 7.01. The van der Waals surface area contributed by atoms with Crippen molar-refractivity contribution >= 4 is 24.3 Å². The third kappa shape index (κ3) is 3.17. The number of ether oxygens (including phenoxy) is 1. The average molecular weight is 239 g/mol. The van der Waals surface area contributed by atoms with Crippen LogP contribution in [0.1, 0.15) is 36.7 Å². The molecule has 1 rings (SSSR count). The number of carbonyl (C=O) groups excluding carboxylic acids is 1. The van der Waals surface area contributed by atoms with Crippen LogP contribution in [0.15, 0.2) is 17.0 Å². The molecular weight excluding hydrogens is 222 g/mol. The van der Waals surface area contributed by atoms with Crippen molar-refractivity contribution in [1.29, 1.82) is 0 Å². The standard InChI is InChI=1S/C12H17NO2S/c1-7-9(5-8(16)6-10(7)13)11(14)15-12(2,3)4/h5-6,16H,13H2,1-4H3. The number of hydrogen-bond acceptors (Lipinski definition) is 4. The summed E-state index contributed by atoms with van der Waals surface area (Å²) in [7, 11) is 0. The lowest BCUT2D eigenvalue weighted by molar-refractivity contribution is 0.00685. The van der Waals surface area contributed by atoms with Crippen LogP contribution in [-0.4, -0.2) is 11.6 Å². The van der Waals surface area contributed by atoms with Crippen LogP contribution >= 0.6 is 12.6 Å². The van der Waals surface area contributed by atoms with E-state index in [1.807, 2.05) is 20.8 Å². The van der Waals surface area contributed by atoms with Crippen LogP contribution in [0.4, 0.5) is 5.69 Å². The van der Waals surface area contributed by atoms with Gasteiger partial charge in [0.05, 0.1) is 5.56 Å². The summed E-state index contributed by atoms with van der Waals surface area (Å²) >= 11 is 4.19. The molecule has 1 aromatic rings. The van der Waals surface area contributed by atoms with Gasteiger partial charge in [0, 0.05) is 10.6 Å². The summed E-state index contributed by atoms with van der Waals surface area (Å²) in [6.07, 6.45) is 0. The van der Waals surface area contributed by atoms with Crippen molar-refractivity contribution in [3.8, 4) is 0 Å². The van der Waals surface area contributed by atoms with Crippen molar-refractivity contribution in [2.45, 2.75) is 38.2 Å². The Hall–Kier alpha value is -1.16. The van der Waals surface area contributed by atoms with Gasteiger partial charge in [-0.15, -0.1) is 12.6 Å². The fraction of sp³-hybridized carbons (Fsp3) is 0.417. The molecule has 0 bridgehead atoms. The van der Waals surface area contributed by atoms with Gasteiger partial charge in [-0.1, -0.05) is 0 Å². The molecule has 0 aliphatic rings. The van der Waals surface area contributed by atoms with E-state index in [9.17, 15) is 4.79 Å². The minimum absolute atomic E-state index is 0.368. The number of carbonyl (C=O) groups is 1. The number of anilines is 1. The number of esters is 1. The van der Waals surface area contributed by atoms with Crippen molar-refractivity contribution in [2.24, 2.45) is 0 Å². The fourth-order valence-electron chi connectivity index (χ4n) is 1.27. The van der Waals surface area contributed by atoms with Gasteiger partial charge < -0.3 is 10.5 Å². The second-order valence-corrected chi connectivity index (χ2v) is 5.23. The van der Waals surface area contributed by atoms with Gasteiger partial charge in [0.15, 0.2) is 0 Å². The van der Waals surface area contributed by atoms with Crippen molar-refractivity contribution in [2.75, 3.05) is 5.73 Å². The summed E-state index contributed by atoms with van der Waals surface area (Å²) in [4.78, 5) is 12.5. The van der Waals surface area contributed by atoms with Gasteiger partial charge in [-0.25, -0.2) is 4.79 Å². The molecule has 0 amide bonds. The zero-order chi connectivity index (χ0) is 12.5. The molecule has 0 aromatic heterocycles. The van der Waals surface area contributed by atoms with Gasteiger partial charge >= 0.3 is 5.97 Å². The van der Waals surface area contributed by atoms with E-state index in [2.05, 4.69) is 12.6 Å². The Morgan fingerprint density at radius 1 is 1.38 bits per heavy atom. The van der Waals surface area contributed by atoms with Crippen LogP contribution in [0.25, 0.3) is 0 Å². The monoisotopic (exact) mass is 239 g/mol. The van der Waals surface area contributed by atoms with Gasteiger partial charge in [0.1, 0.15) is 5.60 Å². The molecule has 0 spiro atoms. The van der Waals surface area contributed by atoms with E-state index in [0.717, 1.165) is 5.56 Å². The van der Waals surface area contributed by atoms with Crippen LogP contribution in [0.2, 0.25) is 0 Å². The highest BCUT2D eigenvalue weighted by Crippen LogP contribution is 2.23. The fourth-order valence-corrected chi connectivity index (χ4v) is 1.53. The average Bonchev–Trinajstić information content (AvgIpc) is 2.08. The maximum absolute atomic E-state index is 11.9. The number of nitrogen functional groups attached to an aromatic ring is 1. The Morgan fingerprint density at radius 3 is 2.44 bits per heavy atom. The Labute approximate surface area is 101 Å². The second kappa shape index (κ2) is 4.37. The number of nitrogens with two attached hydrogens (primary N) is 1. The van der Waals surface area contributed by atoms with E-state index in [-0.39, 0.29) is 5.97 Å². The zero-order valence-corrected chi connectivity index (χ0v) is 10.9. The SMILES string of the molecule is Cc1c(N)cc(S)cc1C(=O)OC(C)(C)C. The highest BCUT2D eigenvalue weighted by molar-refractivity contribution is 7.80. The first-order chi connectivity index (χ1) is 7.20. The molecule has 0 heterocycles. The van der Waals surface area contributed by atoms with E-state index in [0.29, 0.717) is 16.1 Å². The smallest absolute Gasteiger partial charge is 0.339 e. The highest BCUT2D eigenvalue weighted by atomic mass is 32.1. The lowest BCUT2D eigenvalue weighted by Crippen LogP contribution is -2.24. The molecule has 0 fully saturated rings. The van der Waals surface area contributed by atoms with Gasteiger partial charge in [-0.2, -0.15) is 0 Å². The first-order valence-corrected chi connectivity index (χ1v) is 5.48. The van der Waals surface area contributed by atoms with Crippen molar-refractivity contribution < 1.29 is 9.53 Å². The molecule has 4 heteroatoms. The first kappa shape index (κ1) is 12.9. The second-order valence-electron chi connectivity index (χ2n) is 4.71. The molecule has 0 aliphatic heterocycles. The van der Waals surface area contributed by atoms with E-state index < -0.39 is 5.60 Å². The molecule has 2 N–H and O–H groups in total. The van der Waals surface area contributed by atoms with Crippen molar-refractivity contribution in [1.82, 2.24) is 0 Å². The summed E-state index contributed by atoms with van der Waals surface area (Å²) in [5.74, 6) is -0.368. The van der Waals surface area contributed by atoms with Gasteiger partial charge in [-0.3, -0.25) is 0 Å². The highest BCUT2D eigenvalue weighted by Gasteiger charge is 2.20. The Morgan fingerprint density at radius 2 is 1.94 bits per heavy atom. The van der Waals surface area contributed by atoms with Crippen LogP contribution in [0.3, 0.4) is 0 Å². The molecule has 3 nitrogen and oxygen atoms in total. The van der Waals surface area contributed by atoms with Crippen molar-refractivity contribution in [3.05, 3.63) is 23.3 Å². The Bertz CT molecular complexity index is 422. The molecule has 88 valence electrons. The molecule has 0 aliphatic carbocycles. The molecule has 16 heavy (non-hydrogen) atoms. The summed E-state index contributed by atoms with van der Waals surface area (Å²) in [6, 6.07) is 3.38. The molecule has 0 saturated heterocycles. The molecular formula is C12H17NO2S. The number of thiol groups is 1. The van der Waals surface area contributed by atoms with Crippen molar-refractivity contribution in [3.63, 3.8) is 0 Å². The Kier molecular flexibility index (Phi) is 3.53. The number of benzene rings is 1. The number of rotatable bonds is 1. The van der Waals surface area contributed by atoms with Crippen LogP contribution in [-0.2, 0) is 4.74 Å². The van der Waals surface area contributed by atoms with Crippen LogP contribution in [0.5, 0.6) is 0 Å². The van der Waals surface area contributed by atoms with Crippen LogP contribution in [0, 0.1) is 6.92 Å². The van der Waals surface area contributed by atoms with E-state index >= 15 is 0 Å². The summed E-state index contributed by atoms with van der Waals surface area (Å²) < 4.78 is 5.29. The third-order valence-corrected chi connectivity index (χ3v) is 2.31. The largest absolute Gasteiger partial charge is 0.456 e. The van der Waals surface area contributed by atoms with Gasteiger partial charge in [0.25, 0.3) is 0 Å². The maximum atomic E-state index is 11.9. The molecule has 0 radical (unpaired) electrons. The minimum Gasteiger partial charge on any atom is -0.456 e. The van der Waals surface area contributed by atoms with Gasteiger partial charge in [-0.05, 0) is 45.4 Å². The van der Waals surface area contributed by atoms with E-state index in [4.69, 9.17) is 10.5 Å². The summed E-state index contributed by atoms with van der Waals surface area (Å²) in [6.45, 7) is 7.28.